The molecule has 1 nitrogen and oxygen atoms in total. The average Bonchev–Trinajstić information content (AvgIpc) is 1.92. The molecule has 0 amide bonds. The lowest BCUT2D eigenvalue weighted by molar-refractivity contribution is 0.123. The fourth-order valence-corrected chi connectivity index (χ4v) is 1.32. The zero-order valence-electron chi connectivity index (χ0n) is 6.59. The topological polar surface area (TPSA) is 20.2 Å². The van der Waals surface area contributed by atoms with Crippen LogP contribution in [0.3, 0.4) is 0 Å². The maximum atomic E-state index is 9.43. The summed E-state index contributed by atoms with van der Waals surface area (Å²) in [6.45, 7) is 2.08. The summed E-state index contributed by atoms with van der Waals surface area (Å²) in [5, 5.41) is 9.43. The van der Waals surface area contributed by atoms with Gasteiger partial charge in [0.25, 0.3) is 0 Å². The summed E-state index contributed by atoms with van der Waals surface area (Å²) in [6.07, 6.45) is 8.80. The number of hydrogen-bond acceptors (Lipinski definition) is 1. The van der Waals surface area contributed by atoms with Crippen LogP contribution in [0.1, 0.15) is 32.6 Å². The van der Waals surface area contributed by atoms with Gasteiger partial charge in [0.05, 0.1) is 6.10 Å². The van der Waals surface area contributed by atoms with Crippen molar-refractivity contribution in [1.82, 2.24) is 0 Å². The quantitative estimate of drug-likeness (QED) is 0.511. The summed E-state index contributed by atoms with van der Waals surface area (Å²) in [4.78, 5) is 0. The summed E-state index contributed by atoms with van der Waals surface area (Å²) >= 11 is 0. The Kier molecular flexibility index (Phi) is 2.94. The molecule has 0 saturated carbocycles. The van der Waals surface area contributed by atoms with Crippen molar-refractivity contribution in [3.8, 4) is 0 Å². The zero-order valence-corrected chi connectivity index (χ0v) is 6.59. The van der Waals surface area contributed by atoms with Crippen LogP contribution < -0.4 is 0 Å². The molecule has 2 atom stereocenters. The maximum Gasteiger partial charge on any atom is 0.0600 e. The van der Waals surface area contributed by atoms with Gasteiger partial charge in [0.2, 0.25) is 0 Å². The minimum Gasteiger partial charge on any atom is -0.393 e. The Morgan fingerprint density at radius 1 is 1.40 bits per heavy atom. The minimum atomic E-state index is -0.100. The summed E-state index contributed by atoms with van der Waals surface area (Å²) in [7, 11) is 0. The summed E-state index contributed by atoms with van der Waals surface area (Å²) in [5.41, 5.74) is 0. The Morgan fingerprint density at radius 3 is 3.00 bits per heavy atom. The number of hydrogen-bond donors (Lipinski definition) is 1. The largest absolute Gasteiger partial charge is 0.393 e. The van der Waals surface area contributed by atoms with Crippen molar-refractivity contribution in [3.05, 3.63) is 12.2 Å². The van der Waals surface area contributed by atoms with Crippen LogP contribution in [0, 0.1) is 5.92 Å². The van der Waals surface area contributed by atoms with E-state index in [1.54, 1.807) is 0 Å². The standard InChI is InChI=1S/C9H16O/c1-8-6-4-2-3-5-7-9(8)10/h4,6,8-10H,2-3,5,7H2,1H3/b6-4+. The molecule has 0 aromatic rings. The van der Waals surface area contributed by atoms with Gasteiger partial charge >= 0.3 is 0 Å². The molecule has 0 aromatic carbocycles. The third-order valence-electron chi connectivity index (χ3n) is 2.17. The first-order chi connectivity index (χ1) is 4.80. The molecule has 10 heavy (non-hydrogen) atoms. The second-order valence-electron chi connectivity index (χ2n) is 3.14. The molecule has 1 rings (SSSR count). The van der Waals surface area contributed by atoms with Gasteiger partial charge in [0, 0.05) is 0 Å². The smallest absolute Gasteiger partial charge is 0.0600 e. The van der Waals surface area contributed by atoms with Crippen molar-refractivity contribution in [1.29, 1.82) is 0 Å². The van der Waals surface area contributed by atoms with Crippen LogP contribution in [0.5, 0.6) is 0 Å². The molecule has 0 aliphatic heterocycles. The summed E-state index contributed by atoms with van der Waals surface area (Å²) in [5.74, 6) is 0.361. The second-order valence-corrected chi connectivity index (χ2v) is 3.14. The lowest BCUT2D eigenvalue weighted by atomic mass is 9.95. The highest BCUT2D eigenvalue weighted by Crippen LogP contribution is 2.16. The molecule has 0 saturated heterocycles. The Labute approximate surface area is 62.8 Å². The predicted molar refractivity (Wildman–Crippen MR) is 42.8 cm³/mol. The number of aliphatic hydroxyl groups is 1. The predicted octanol–water partition coefficient (Wildman–Crippen LogP) is 2.11. The van der Waals surface area contributed by atoms with Crippen molar-refractivity contribution >= 4 is 0 Å². The van der Waals surface area contributed by atoms with Crippen molar-refractivity contribution < 1.29 is 5.11 Å². The van der Waals surface area contributed by atoms with E-state index in [4.69, 9.17) is 0 Å². The molecule has 0 radical (unpaired) electrons. The number of allylic oxidation sites excluding steroid dienone is 1. The SMILES string of the molecule is CC1/C=C/CCCCC1O. The van der Waals surface area contributed by atoms with Gasteiger partial charge in [-0.3, -0.25) is 0 Å². The molecule has 1 aliphatic rings. The van der Waals surface area contributed by atoms with Crippen LogP contribution in [0.2, 0.25) is 0 Å². The van der Waals surface area contributed by atoms with Crippen molar-refractivity contribution in [2.45, 2.75) is 38.7 Å². The van der Waals surface area contributed by atoms with Crippen LogP contribution >= 0.6 is 0 Å². The first-order valence-electron chi connectivity index (χ1n) is 4.15. The van der Waals surface area contributed by atoms with E-state index in [-0.39, 0.29) is 6.10 Å². The first kappa shape index (κ1) is 7.80. The van der Waals surface area contributed by atoms with E-state index >= 15 is 0 Å². The van der Waals surface area contributed by atoms with Crippen LogP contribution in [0.15, 0.2) is 12.2 Å². The normalized spacial score (nSPS) is 38.2. The Hall–Kier alpha value is -0.300. The van der Waals surface area contributed by atoms with Crippen molar-refractivity contribution in [2.75, 3.05) is 0 Å². The third-order valence-corrected chi connectivity index (χ3v) is 2.17. The lowest BCUT2D eigenvalue weighted by Gasteiger charge is -2.16. The summed E-state index contributed by atoms with van der Waals surface area (Å²) < 4.78 is 0. The highest BCUT2D eigenvalue weighted by Gasteiger charge is 2.11. The van der Waals surface area contributed by atoms with Crippen molar-refractivity contribution in [3.63, 3.8) is 0 Å². The fraction of sp³-hybridized carbons (Fsp3) is 0.778. The Morgan fingerprint density at radius 2 is 2.20 bits per heavy atom. The second kappa shape index (κ2) is 3.77. The van der Waals surface area contributed by atoms with E-state index in [0.29, 0.717) is 5.92 Å². The Bertz CT molecular complexity index is 118. The van der Waals surface area contributed by atoms with Crippen LogP contribution in [0.25, 0.3) is 0 Å². The van der Waals surface area contributed by atoms with Gasteiger partial charge in [-0.05, 0) is 25.2 Å². The number of rotatable bonds is 0. The van der Waals surface area contributed by atoms with E-state index in [2.05, 4.69) is 19.1 Å². The van der Waals surface area contributed by atoms with Crippen LogP contribution in [-0.2, 0) is 0 Å². The van der Waals surface area contributed by atoms with E-state index in [0.717, 1.165) is 6.42 Å². The van der Waals surface area contributed by atoms with Gasteiger partial charge in [0.1, 0.15) is 0 Å². The van der Waals surface area contributed by atoms with Crippen molar-refractivity contribution in [2.24, 2.45) is 5.92 Å². The number of aliphatic hydroxyl groups excluding tert-OH is 1. The van der Waals surface area contributed by atoms with Gasteiger partial charge in [-0.1, -0.05) is 25.5 Å². The Balaban J connectivity index is 2.44. The van der Waals surface area contributed by atoms with Gasteiger partial charge in [-0.2, -0.15) is 0 Å². The minimum absolute atomic E-state index is 0.100. The molecule has 1 aliphatic carbocycles. The molecule has 58 valence electrons. The molecule has 0 spiro atoms. The van der Waals surface area contributed by atoms with Crippen LogP contribution in [-0.4, -0.2) is 11.2 Å². The van der Waals surface area contributed by atoms with E-state index < -0.39 is 0 Å². The van der Waals surface area contributed by atoms with Gasteiger partial charge in [0.15, 0.2) is 0 Å². The highest BCUT2D eigenvalue weighted by molar-refractivity contribution is 4.91. The van der Waals surface area contributed by atoms with E-state index in [1.807, 2.05) is 0 Å². The van der Waals surface area contributed by atoms with Crippen LogP contribution in [0.4, 0.5) is 0 Å². The molecule has 0 aromatic heterocycles. The highest BCUT2D eigenvalue weighted by atomic mass is 16.3. The molecule has 1 N–H and O–H groups in total. The molecule has 0 bridgehead atoms. The third kappa shape index (κ3) is 2.14. The van der Waals surface area contributed by atoms with E-state index in [9.17, 15) is 5.11 Å². The molecule has 2 unspecified atom stereocenters. The lowest BCUT2D eigenvalue weighted by Crippen LogP contribution is -2.16. The zero-order chi connectivity index (χ0) is 7.40. The molecule has 0 fully saturated rings. The fourth-order valence-electron chi connectivity index (χ4n) is 1.32. The van der Waals surface area contributed by atoms with Gasteiger partial charge < -0.3 is 5.11 Å². The van der Waals surface area contributed by atoms with E-state index in [1.165, 1.54) is 19.3 Å². The van der Waals surface area contributed by atoms with Gasteiger partial charge in [-0.15, -0.1) is 0 Å². The molecular weight excluding hydrogens is 124 g/mol. The monoisotopic (exact) mass is 140 g/mol. The molecule has 0 heterocycles. The average molecular weight is 140 g/mol. The molecule has 1 heteroatoms. The summed E-state index contributed by atoms with van der Waals surface area (Å²) in [6, 6.07) is 0. The van der Waals surface area contributed by atoms with Gasteiger partial charge in [-0.25, -0.2) is 0 Å². The first-order valence-corrected chi connectivity index (χ1v) is 4.15. The molecular formula is C9H16O. The maximum absolute atomic E-state index is 9.43.